The van der Waals surface area contributed by atoms with Crippen LogP contribution in [-0.4, -0.2) is 8.42 Å². The van der Waals surface area contributed by atoms with Crippen LogP contribution >= 0.6 is 11.6 Å². The number of sulfonamides is 1. The van der Waals surface area contributed by atoms with Gasteiger partial charge in [0.2, 0.25) is 0 Å². The quantitative estimate of drug-likeness (QED) is 0.915. The summed E-state index contributed by atoms with van der Waals surface area (Å²) in [6.45, 7) is 0. The van der Waals surface area contributed by atoms with Gasteiger partial charge in [0.15, 0.2) is 0 Å². The molecule has 0 aromatic heterocycles. The van der Waals surface area contributed by atoms with E-state index < -0.39 is 27.5 Å². The monoisotopic (exact) mass is 335 g/mol. The predicted molar refractivity (Wildman–Crippen MR) is 73.7 cm³/mol. The molecule has 0 radical (unpaired) electrons. The number of benzene rings is 2. The fraction of sp³-hybridized carbons (Fsp3) is 0.0769. The summed E-state index contributed by atoms with van der Waals surface area (Å²) < 4.78 is 64.6. The van der Waals surface area contributed by atoms with Crippen molar-refractivity contribution in [2.24, 2.45) is 0 Å². The molecule has 0 atom stereocenters. The van der Waals surface area contributed by atoms with Crippen LogP contribution in [0.25, 0.3) is 0 Å². The average molecular weight is 336 g/mol. The van der Waals surface area contributed by atoms with Crippen molar-refractivity contribution in [3.05, 3.63) is 59.1 Å². The lowest BCUT2D eigenvalue weighted by atomic mass is 10.2. The standard InChI is InChI=1S/C13H9ClF3NO2S/c14-9-5-7-10(8-6-9)21(19,20)18-12-4-2-1-3-11(12)13(15,16)17/h1-8,18H. The van der Waals surface area contributed by atoms with Crippen molar-refractivity contribution < 1.29 is 21.6 Å². The number of rotatable bonds is 3. The van der Waals surface area contributed by atoms with Gasteiger partial charge in [0.1, 0.15) is 0 Å². The van der Waals surface area contributed by atoms with Gasteiger partial charge in [0.25, 0.3) is 10.0 Å². The van der Waals surface area contributed by atoms with Crippen molar-refractivity contribution in [2.45, 2.75) is 11.1 Å². The summed E-state index contributed by atoms with van der Waals surface area (Å²) in [5.74, 6) is 0. The van der Waals surface area contributed by atoms with Crippen molar-refractivity contribution in [3.63, 3.8) is 0 Å². The number of hydrogen-bond acceptors (Lipinski definition) is 2. The highest BCUT2D eigenvalue weighted by atomic mass is 35.5. The summed E-state index contributed by atoms with van der Waals surface area (Å²) in [7, 11) is -4.12. The largest absolute Gasteiger partial charge is 0.418 e. The number of alkyl halides is 3. The molecule has 0 unspecified atom stereocenters. The lowest BCUT2D eigenvalue weighted by molar-refractivity contribution is -0.136. The molecule has 2 rings (SSSR count). The van der Waals surface area contributed by atoms with E-state index >= 15 is 0 Å². The normalized spacial score (nSPS) is 12.2. The van der Waals surface area contributed by atoms with E-state index in [4.69, 9.17) is 11.6 Å². The molecule has 3 nitrogen and oxygen atoms in total. The second kappa shape index (κ2) is 5.57. The summed E-state index contributed by atoms with van der Waals surface area (Å²) >= 11 is 5.64. The van der Waals surface area contributed by atoms with Gasteiger partial charge in [-0.05, 0) is 36.4 Å². The maximum Gasteiger partial charge on any atom is 0.418 e. The third-order valence-electron chi connectivity index (χ3n) is 2.60. The van der Waals surface area contributed by atoms with Crippen molar-refractivity contribution in [1.29, 1.82) is 0 Å². The summed E-state index contributed by atoms with van der Waals surface area (Å²) in [4.78, 5) is -0.177. The highest BCUT2D eigenvalue weighted by Gasteiger charge is 2.34. The van der Waals surface area contributed by atoms with E-state index in [0.717, 1.165) is 12.1 Å². The zero-order valence-corrected chi connectivity index (χ0v) is 11.9. The molecule has 0 aliphatic heterocycles. The van der Waals surface area contributed by atoms with Crippen molar-refractivity contribution in [1.82, 2.24) is 0 Å². The lowest BCUT2D eigenvalue weighted by Crippen LogP contribution is -2.17. The van der Waals surface area contributed by atoms with Crippen molar-refractivity contribution >= 4 is 27.3 Å². The van der Waals surface area contributed by atoms with E-state index in [-0.39, 0.29) is 4.90 Å². The van der Waals surface area contributed by atoms with Gasteiger partial charge < -0.3 is 0 Å². The van der Waals surface area contributed by atoms with Crippen LogP contribution < -0.4 is 4.72 Å². The van der Waals surface area contributed by atoms with Crippen LogP contribution in [0, 0.1) is 0 Å². The first kappa shape index (κ1) is 15.7. The Morgan fingerprint density at radius 3 is 2.10 bits per heavy atom. The summed E-state index contributed by atoms with van der Waals surface area (Å²) in [5.41, 5.74) is -1.58. The van der Waals surface area contributed by atoms with E-state index in [1.165, 1.54) is 36.4 Å². The number of hydrogen-bond donors (Lipinski definition) is 1. The van der Waals surface area contributed by atoms with Gasteiger partial charge in [-0.15, -0.1) is 0 Å². The minimum Gasteiger partial charge on any atom is -0.279 e. The Labute approximate surface area is 124 Å². The van der Waals surface area contributed by atoms with Gasteiger partial charge in [0, 0.05) is 5.02 Å². The summed E-state index contributed by atoms with van der Waals surface area (Å²) in [6, 6.07) is 9.45. The fourth-order valence-corrected chi connectivity index (χ4v) is 2.84. The van der Waals surface area contributed by atoms with E-state index in [9.17, 15) is 21.6 Å². The Morgan fingerprint density at radius 1 is 0.952 bits per heavy atom. The molecule has 0 aliphatic rings. The Balaban J connectivity index is 2.40. The van der Waals surface area contributed by atoms with Gasteiger partial charge in [-0.1, -0.05) is 23.7 Å². The zero-order chi connectivity index (χ0) is 15.7. The molecule has 0 heterocycles. The molecule has 2 aromatic rings. The third kappa shape index (κ3) is 3.68. The first-order valence-electron chi connectivity index (χ1n) is 5.65. The van der Waals surface area contributed by atoms with Gasteiger partial charge in [-0.3, -0.25) is 4.72 Å². The molecule has 112 valence electrons. The molecule has 0 bridgehead atoms. The topological polar surface area (TPSA) is 46.2 Å². The van der Waals surface area contributed by atoms with Gasteiger partial charge in [-0.2, -0.15) is 13.2 Å². The minimum atomic E-state index is -4.65. The van der Waals surface area contributed by atoms with E-state index in [1.54, 1.807) is 0 Å². The smallest absolute Gasteiger partial charge is 0.279 e. The van der Waals surface area contributed by atoms with Crippen LogP contribution in [0.4, 0.5) is 18.9 Å². The molecular weight excluding hydrogens is 327 g/mol. The van der Waals surface area contributed by atoms with Crippen LogP contribution in [0.15, 0.2) is 53.4 Å². The molecule has 0 saturated heterocycles. The SMILES string of the molecule is O=S(=O)(Nc1ccccc1C(F)(F)F)c1ccc(Cl)cc1. The molecule has 0 aliphatic carbocycles. The maximum absolute atomic E-state index is 12.8. The molecule has 21 heavy (non-hydrogen) atoms. The first-order valence-corrected chi connectivity index (χ1v) is 7.51. The highest BCUT2D eigenvalue weighted by Crippen LogP contribution is 2.35. The van der Waals surface area contributed by atoms with Crippen LogP contribution in [-0.2, 0) is 16.2 Å². The Bertz CT molecular complexity index is 743. The predicted octanol–water partition coefficient (Wildman–Crippen LogP) is 4.16. The molecule has 0 saturated carbocycles. The van der Waals surface area contributed by atoms with Crippen molar-refractivity contribution in [3.8, 4) is 0 Å². The number of para-hydroxylation sites is 1. The second-order valence-electron chi connectivity index (χ2n) is 4.10. The van der Waals surface area contributed by atoms with Gasteiger partial charge >= 0.3 is 6.18 Å². The molecule has 1 N–H and O–H groups in total. The Hall–Kier alpha value is -1.73. The first-order chi connectivity index (χ1) is 9.70. The number of halogens is 4. The van der Waals surface area contributed by atoms with Crippen LogP contribution in [0.1, 0.15) is 5.56 Å². The molecule has 0 spiro atoms. The molecule has 8 heteroatoms. The van der Waals surface area contributed by atoms with E-state index in [0.29, 0.717) is 5.02 Å². The third-order valence-corrected chi connectivity index (χ3v) is 4.23. The number of nitrogens with one attached hydrogen (secondary N) is 1. The van der Waals surface area contributed by atoms with E-state index in [2.05, 4.69) is 0 Å². The minimum absolute atomic E-state index is 0.177. The van der Waals surface area contributed by atoms with Crippen LogP contribution in [0.2, 0.25) is 5.02 Å². The fourth-order valence-electron chi connectivity index (χ4n) is 1.64. The average Bonchev–Trinajstić information content (AvgIpc) is 2.38. The zero-order valence-electron chi connectivity index (χ0n) is 10.4. The van der Waals surface area contributed by atoms with Crippen LogP contribution in [0.5, 0.6) is 0 Å². The Kier molecular flexibility index (Phi) is 4.15. The van der Waals surface area contributed by atoms with Gasteiger partial charge in [0.05, 0.1) is 16.1 Å². The Morgan fingerprint density at radius 2 is 1.52 bits per heavy atom. The molecule has 2 aromatic carbocycles. The molecular formula is C13H9ClF3NO2S. The lowest BCUT2D eigenvalue weighted by Gasteiger charge is -2.14. The molecule has 0 fully saturated rings. The van der Waals surface area contributed by atoms with Gasteiger partial charge in [-0.25, -0.2) is 8.42 Å². The summed E-state index contributed by atoms with van der Waals surface area (Å²) in [5, 5.41) is 0.324. The summed E-state index contributed by atoms with van der Waals surface area (Å²) in [6.07, 6.45) is -4.65. The number of anilines is 1. The van der Waals surface area contributed by atoms with Crippen molar-refractivity contribution in [2.75, 3.05) is 4.72 Å². The second-order valence-corrected chi connectivity index (χ2v) is 6.22. The maximum atomic E-state index is 12.8. The highest BCUT2D eigenvalue weighted by molar-refractivity contribution is 7.92. The molecule has 0 amide bonds. The van der Waals surface area contributed by atoms with Crippen LogP contribution in [0.3, 0.4) is 0 Å². The van der Waals surface area contributed by atoms with E-state index in [1.807, 2.05) is 4.72 Å².